The van der Waals surface area contributed by atoms with E-state index < -0.39 is 11.9 Å². The summed E-state index contributed by atoms with van der Waals surface area (Å²) in [6, 6.07) is 17.1. The van der Waals surface area contributed by atoms with E-state index in [1.165, 1.54) is 24.3 Å². The van der Waals surface area contributed by atoms with Crippen molar-refractivity contribution in [1.29, 1.82) is 0 Å². The molecule has 1 heterocycles. The summed E-state index contributed by atoms with van der Waals surface area (Å²) in [7, 11) is 0. The van der Waals surface area contributed by atoms with Crippen LogP contribution in [0.5, 0.6) is 0 Å². The highest BCUT2D eigenvalue weighted by atomic mass is 35.5. The summed E-state index contributed by atoms with van der Waals surface area (Å²) >= 11 is 6.30. The van der Waals surface area contributed by atoms with Crippen LogP contribution in [0.4, 0.5) is 14.5 Å². The van der Waals surface area contributed by atoms with Crippen molar-refractivity contribution in [2.24, 2.45) is 0 Å². The Morgan fingerprint density at radius 3 is 2.38 bits per heavy atom. The van der Waals surface area contributed by atoms with Gasteiger partial charge in [0.2, 0.25) is 11.8 Å². The molecule has 1 aromatic heterocycles. The first kappa shape index (κ1) is 19.1. The molecule has 0 saturated carbocycles. The number of halogens is 3. The third-order valence-electron chi connectivity index (χ3n) is 4.47. The minimum absolute atomic E-state index is 0.210. The van der Waals surface area contributed by atoms with Gasteiger partial charge in [0, 0.05) is 21.8 Å². The molecule has 1 N–H and O–H groups in total. The van der Waals surface area contributed by atoms with E-state index in [9.17, 15) is 8.78 Å². The lowest BCUT2D eigenvalue weighted by Crippen LogP contribution is -2.14. The number of anilines is 1. The van der Waals surface area contributed by atoms with Gasteiger partial charge in [0.15, 0.2) is 0 Å². The smallest absolute Gasteiger partial charge is 0.247 e. The molecule has 0 bridgehead atoms. The fraction of sp³-hybridized carbons (Fsp3) is 0.0909. The lowest BCUT2D eigenvalue weighted by Gasteiger charge is -2.19. The highest BCUT2D eigenvalue weighted by molar-refractivity contribution is 6.31. The maximum Gasteiger partial charge on any atom is 0.247 e. The number of hydrogen-bond donors (Lipinski definition) is 1. The molecule has 0 unspecified atom stereocenters. The average molecular weight is 412 g/mol. The highest BCUT2D eigenvalue weighted by Crippen LogP contribution is 2.33. The Balaban J connectivity index is 1.77. The summed E-state index contributed by atoms with van der Waals surface area (Å²) in [5, 5.41) is 11.8. The Hall–Kier alpha value is -3.25. The van der Waals surface area contributed by atoms with Crippen LogP contribution in [0.15, 0.2) is 71.1 Å². The molecule has 0 spiro atoms. The van der Waals surface area contributed by atoms with Gasteiger partial charge in [0.05, 0.1) is 0 Å². The number of rotatable bonds is 5. The minimum atomic E-state index is -0.655. The number of nitrogens with one attached hydrogen (secondary N) is 1. The molecule has 1 atom stereocenters. The first-order valence-electron chi connectivity index (χ1n) is 8.88. The summed E-state index contributed by atoms with van der Waals surface area (Å²) in [4.78, 5) is 0. The lowest BCUT2D eigenvalue weighted by atomic mass is 10.1. The lowest BCUT2D eigenvalue weighted by molar-refractivity contribution is 0.493. The summed E-state index contributed by atoms with van der Waals surface area (Å²) in [5.41, 5.74) is 2.68. The van der Waals surface area contributed by atoms with Crippen molar-refractivity contribution in [3.63, 3.8) is 0 Å². The molecule has 3 aromatic carbocycles. The van der Waals surface area contributed by atoms with Crippen LogP contribution in [-0.2, 0) is 0 Å². The van der Waals surface area contributed by atoms with Gasteiger partial charge in [-0.2, -0.15) is 0 Å². The van der Waals surface area contributed by atoms with Crippen LogP contribution in [0.25, 0.3) is 11.5 Å². The van der Waals surface area contributed by atoms with Crippen LogP contribution < -0.4 is 5.32 Å². The molecule has 4 aromatic rings. The fourth-order valence-corrected chi connectivity index (χ4v) is 3.28. The van der Waals surface area contributed by atoms with Crippen molar-refractivity contribution in [2.45, 2.75) is 13.0 Å². The molecule has 146 valence electrons. The number of aryl methyl sites for hydroxylation is 1. The maximum atomic E-state index is 13.6. The highest BCUT2D eigenvalue weighted by Gasteiger charge is 2.24. The number of aromatic nitrogens is 2. The molecule has 7 heteroatoms. The van der Waals surface area contributed by atoms with E-state index in [1.807, 2.05) is 30.3 Å². The standard InChI is InChI=1S/C22H16ClF2N3O/c1-13-11-15(24)8-10-19(13)26-20(17-9-7-16(25)12-18(17)23)22-28-27-21(29-22)14-5-3-2-4-6-14/h2-12,20,26H,1H3/t20-/m0/s1. The van der Waals surface area contributed by atoms with Gasteiger partial charge in [-0.05, 0) is 55.0 Å². The van der Waals surface area contributed by atoms with Gasteiger partial charge in [-0.3, -0.25) is 0 Å². The van der Waals surface area contributed by atoms with E-state index >= 15 is 0 Å². The third kappa shape index (κ3) is 4.12. The molecule has 4 rings (SSSR count). The SMILES string of the molecule is Cc1cc(F)ccc1N[C@H](c1nnc(-c2ccccc2)o1)c1ccc(F)cc1Cl. The molecule has 0 amide bonds. The van der Waals surface area contributed by atoms with Crippen LogP contribution in [0, 0.1) is 18.6 Å². The minimum Gasteiger partial charge on any atom is -0.418 e. The van der Waals surface area contributed by atoms with Crippen LogP contribution in [0.3, 0.4) is 0 Å². The van der Waals surface area contributed by atoms with E-state index in [4.69, 9.17) is 16.0 Å². The van der Waals surface area contributed by atoms with Crippen molar-refractivity contribution in [1.82, 2.24) is 10.2 Å². The zero-order valence-electron chi connectivity index (χ0n) is 15.4. The van der Waals surface area contributed by atoms with Crippen LogP contribution >= 0.6 is 11.6 Å². The van der Waals surface area contributed by atoms with Crippen molar-refractivity contribution in [2.75, 3.05) is 5.32 Å². The maximum absolute atomic E-state index is 13.6. The molecule has 0 radical (unpaired) electrons. The second-order valence-electron chi connectivity index (χ2n) is 6.51. The van der Waals surface area contributed by atoms with E-state index in [0.29, 0.717) is 22.7 Å². The van der Waals surface area contributed by atoms with Gasteiger partial charge in [-0.1, -0.05) is 35.9 Å². The molecule has 0 fully saturated rings. The summed E-state index contributed by atoms with van der Waals surface area (Å²) < 4.78 is 33.0. The Kier molecular flexibility index (Phi) is 5.27. The van der Waals surface area contributed by atoms with Gasteiger partial charge < -0.3 is 9.73 Å². The predicted octanol–water partition coefficient (Wildman–Crippen LogP) is 6.18. The van der Waals surface area contributed by atoms with E-state index in [2.05, 4.69) is 15.5 Å². The molecule has 29 heavy (non-hydrogen) atoms. The third-order valence-corrected chi connectivity index (χ3v) is 4.80. The second-order valence-corrected chi connectivity index (χ2v) is 6.92. The van der Waals surface area contributed by atoms with Crippen molar-refractivity contribution in [3.05, 3.63) is 100 Å². The van der Waals surface area contributed by atoms with Crippen LogP contribution in [0.2, 0.25) is 5.02 Å². The zero-order chi connectivity index (χ0) is 20.4. The molecule has 0 aliphatic rings. The van der Waals surface area contributed by atoms with Gasteiger partial charge in [-0.15, -0.1) is 10.2 Å². The van der Waals surface area contributed by atoms with Gasteiger partial charge in [0.1, 0.15) is 17.7 Å². The largest absolute Gasteiger partial charge is 0.418 e. The first-order chi connectivity index (χ1) is 14.0. The summed E-state index contributed by atoms with van der Waals surface area (Å²) in [6.45, 7) is 1.78. The Morgan fingerprint density at radius 2 is 1.66 bits per heavy atom. The molecule has 0 saturated heterocycles. The van der Waals surface area contributed by atoms with Crippen LogP contribution in [0.1, 0.15) is 23.1 Å². The van der Waals surface area contributed by atoms with Gasteiger partial charge in [0.25, 0.3) is 0 Å². The van der Waals surface area contributed by atoms with Crippen molar-refractivity contribution in [3.8, 4) is 11.5 Å². The number of benzene rings is 3. The second kappa shape index (κ2) is 8.01. The van der Waals surface area contributed by atoms with Gasteiger partial charge >= 0.3 is 0 Å². The summed E-state index contributed by atoms with van der Waals surface area (Å²) in [5.74, 6) is -0.193. The molecule has 0 aliphatic heterocycles. The average Bonchev–Trinajstić information content (AvgIpc) is 3.19. The van der Waals surface area contributed by atoms with E-state index in [-0.39, 0.29) is 16.7 Å². The Morgan fingerprint density at radius 1 is 0.931 bits per heavy atom. The Labute approximate surface area is 171 Å². The topological polar surface area (TPSA) is 51.0 Å². The number of nitrogens with zero attached hydrogens (tertiary/aromatic N) is 2. The Bertz CT molecular complexity index is 1150. The van der Waals surface area contributed by atoms with Crippen molar-refractivity contribution < 1.29 is 13.2 Å². The molecular formula is C22H16ClF2N3O. The predicted molar refractivity (Wildman–Crippen MR) is 108 cm³/mol. The van der Waals surface area contributed by atoms with Crippen molar-refractivity contribution >= 4 is 17.3 Å². The quantitative estimate of drug-likeness (QED) is 0.426. The van der Waals surface area contributed by atoms with Gasteiger partial charge in [-0.25, -0.2) is 8.78 Å². The normalized spacial score (nSPS) is 12.0. The fourth-order valence-electron chi connectivity index (χ4n) is 3.00. The molecule has 4 nitrogen and oxygen atoms in total. The first-order valence-corrected chi connectivity index (χ1v) is 9.25. The van der Waals surface area contributed by atoms with E-state index in [1.54, 1.807) is 19.1 Å². The molecule has 0 aliphatic carbocycles. The summed E-state index contributed by atoms with van der Waals surface area (Å²) in [6.07, 6.45) is 0. The van der Waals surface area contributed by atoms with E-state index in [0.717, 1.165) is 5.56 Å². The van der Waals surface area contributed by atoms with Crippen LogP contribution in [-0.4, -0.2) is 10.2 Å². The monoisotopic (exact) mass is 411 g/mol. The zero-order valence-corrected chi connectivity index (χ0v) is 16.1. The molecular weight excluding hydrogens is 396 g/mol. The number of hydrogen-bond acceptors (Lipinski definition) is 4.